The molecule has 0 fully saturated rings. The van der Waals surface area contributed by atoms with Crippen molar-refractivity contribution in [3.63, 3.8) is 0 Å². The molecule has 0 unspecified atom stereocenters. The Hall–Kier alpha value is -1.38. The molecule has 0 saturated carbocycles. The Morgan fingerprint density at radius 2 is 2.17 bits per heavy atom. The first kappa shape index (κ1) is 7.28. The zero-order valence-electron chi connectivity index (χ0n) is 7.23. The maximum Gasteiger partial charge on any atom is 0.160 e. The third kappa shape index (κ3) is 1.18. The van der Waals surface area contributed by atoms with Gasteiger partial charge in [0.05, 0.1) is 0 Å². The first-order valence-electron chi connectivity index (χ1n) is 3.95. The van der Waals surface area contributed by atoms with Crippen molar-refractivity contribution in [1.29, 1.82) is 0 Å². The summed E-state index contributed by atoms with van der Waals surface area (Å²) in [7, 11) is 0. The molecular weight excluding hydrogens is 150 g/mol. The second-order valence-electron chi connectivity index (χ2n) is 3.57. The van der Waals surface area contributed by atoms with Crippen LogP contribution in [0.2, 0.25) is 0 Å². The van der Waals surface area contributed by atoms with Crippen LogP contribution in [-0.4, -0.2) is 14.8 Å². The van der Waals surface area contributed by atoms with Crippen LogP contribution >= 0.6 is 0 Å². The van der Waals surface area contributed by atoms with E-state index < -0.39 is 0 Å². The van der Waals surface area contributed by atoms with Gasteiger partial charge in [-0.2, -0.15) is 0 Å². The Bertz CT molecular complexity index is 314. The van der Waals surface area contributed by atoms with Gasteiger partial charge in [0.1, 0.15) is 6.33 Å². The molecule has 0 N–H and O–H groups in total. The van der Waals surface area contributed by atoms with Gasteiger partial charge in [-0.1, -0.05) is 26.0 Å². The quantitative estimate of drug-likeness (QED) is 0.581. The van der Waals surface area contributed by atoms with Gasteiger partial charge >= 0.3 is 0 Å². The fourth-order valence-corrected chi connectivity index (χ4v) is 1.10. The van der Waals surface area contributed by atoms with Gasteiger partial charge < -0.3 is 0 Å². The van der Waals surface area contributed by atoms with Crippen molar-refractivity contribution in [3.05, 3.63) is 24.3 Å². The summed E-state index contributed by atoms with van der Waals surface area (Å²) in [5.41, 5.74) is 0.112. The second kappa shape index (κ2) is 2.30. The second-order valence-corrected chi connectivity index (χ2v) is 3.57. The van der Waals surface area contributed by atoms with E-state index in [9.17, 15) is 0 Å². The molecule has 0 bridgehead atoms. The largest absolute Gasteiger partial charge is 0.289 e. The molecule has 0 radical (unpaired) electrons. The highest BCUT2D eigenvalue weighted by molar-refractivity contribution is 5.49. The number of rotatable bonds is 0. The lowest BCUT2D eigenvalue weighted by atomic mass is 9.93. The zero-order chi connectivity index (χ0) is 8.60. The van der Waals surface area contributed by atoms with E-state index in [0.717, 1.165) is 5.82 Å². The Morgan fingerprint density at radius 3 is 3.00 bits per heavy atom. The van der Waals surface area contributed by atoms with Crippen LogP contribution in [0.15, 0.2) is 18.5 Å². The smallest absolute Gasteiger partial charge is 0.160 e. The lowest BCUT2D eigenvalue weighted by Crippen LogP contribution is -2.00. The minimum Gasteiger partial charge on any atom is -0.289 e. The van der Waals surface area contributed by atoms with Gasteiger partial charge in [0, 0.05) is 11.6 Å². The molecule has 0 amide bonds. The van der Waals surface area contributed by atoms with Crippen LogP contribution in [-0.2, 0) is 0 Å². The fourth-order valence-electron chi connectivity index (χ4n) is 1.10. The normalized spacial score (nSPS) is 18.8. The van der Waals surface area contributed by atoms with Crippen molar-refractivity contribution >= 4 is 12.3 Å². The minimum absolute atomic E-state index is 0.112. The topological polar surface area (TPSA) is 30.7 Å². The van der Waals surface area contributed by atoms with E-state index in [1.54, 1.807) is 6.33 Å². The molecule has 0 atom stereocenters. The SMILES string of the molecule is CC1(C)C=Cc2nncn2C=C1. The molecule has 1 aliphatic rings. The van der Waals surface area contributed by atoms with Gasteiger partial charge in [-0.05, 0) is 6.08 Å². The molecule has 3 nitrogen and oxygen atoms in total. The third-order valence-corrected chi connectivity index (χ3v) is 1.93. The first-order chi connectivity index (χ1) is 5.67. The molecule has 1 aromatic rings. The maximum atomic E-state index is 3.96. The van der Waals surface area contributed by atoms with Crippen LogP contribution < -0.4 is 0 Å². The molecule has 1 aromatic heterocycles. The van der Waals surface area contributed by atoms with E-state index in [2.05, 4.69) is 36.2 Å². The summed E-state index contributed by atoms with van der Waals surface area (Å²) in [4.78, 5) is 0. The number of fused-ring (bicyclic) bond motifs is 1. The van der Waals surface area contributed by atoms with Crippen molar-refractivity contribution in [2.45, 2.75) is 13.8 Å². The van der Waals surface area contributed by atoms with E-state index in [0.29, 0.717) is 0 Å². The van der Waals surface area contributed by atoms with Crippen molar-refractivity contribution in [3.8, 4) is 0 Å². The maximum absolute atomic E-state index is 3.96. The van der Waals surface area contributed by atoms with Crippen LogP contribution in [0.5, 0.6) is 0 Å². The predicted molar refractivity (Wildman–Crippen MR) is 48.2 cm³/mol. The molecule has 3 heteroatoms. The molecular formula is C9H11N3. The highest BCUT2D eigenvalue weighted by atomic mass is 15.2. The molecule has 1 aliphatic heterocycles. The summed E-state index contributed by atoms with van der Waals surface area (Å²) in [6.45, 7) is 4.31. The van der Waals surface area contributed by atoms with Gasteiger partial charge in [-0.15, -0.1) is 10.2 Å². The number of aromatic nitrogens is 3. The zero-order valence-corrected chi connectivity index (χ0v) is 7.23. The summed E-state index contributed by atoms with van der Waals surface area (Å²) in [6, 6.07) is 0. The van der Waals surface area contributed by atoms with Crippen molar-refractivity contribution in [2.24, 2.45) is 5.41 Å². The summed E-state index contributed by atoms with van der Waals surface area (Å²) in [5, 5.41) is 7.76. The number of hydrogen-bond donors (Lipinski definition) is 0. The van der Waals surface area contributed by atoms with Gasteiger partial charge in [0.2, 0.25) is 0 Å². The van der Waals surface area contributed by atoms with E-state index in [1.807, 2.05) is 16.8 Å². The van der Waals surface area contributed by atoms with Gasteiger partial charge in [0.15, 0.2) is 5.82 Å². The van der Waals surface area contributed by atoms with E-state index in [1.165, 1.54) is 0 Å². The Morgan fingerprint density at radius 1 is 1.33 bits per heavy atom. The lowest BCUT2D eigenvalue weighted by Gasteiger charge is -2.11. The highest BCUT2D eigenvalue weighted by Crippen LogP contribution is 2.23. The summed E-state index contributed by atoms with van der Waals surface area (Å²) in [5.74, 6) is 0.886. The van der Waals surface area contributed by atoms with Crippen molar-refractivity contribution in [1.82, 2.24) is 14.8 Å². The number of allylic oxidation sites excluding steroid dienone is 2. The molecule has 12 heavy (non-hydrogen) atoms. The number of nitrogens with zero attached hydrogens (tertiary/aromatic N) is 3. The minimum atomic E-state index is 0.112. The third-order valence-electron chi connectivity index (χ3n) is 1.93. The van der Waals surface area contributed by atoms with Gasteiger partial charge in [0.25, 0.3) is 0 Å². The van der Waals surface area contributed by atoms with E-state index in [-0.39, 0.29) is 5.41 Å². The highest BCUT2D eigenvalue weighted by Gasteiger charge is 2.12. The summed E-state index contributed by atoms with van der Waals surface area (Å²) < 4.78 is 1.91. The fraction of sp³-hybridized carbons (Fsp3) is 0.333. The van der Waals surface area contributed by atoms with Crippen molar-refractivity contribution in [2.75, 3.05) is 0 Å². The summed E-state index contributed by atoms with van der Waals surface area (Å²) in [6.07, 6.45) is 9.94. The Labute approximate surface area is 71.4 Å². The van der Waals surface area contributed by atoms with Crippen LogP contribution in [0.1, 0.15) is 19.7 Å². The van der Waals surface area contributed by atoms with Crippen molar-refractivity contribution < 1.29 is 0 Å². The van der Waals surface area contributed by atoms with Crippen LogP contribution in [0, 0.1) is 5.41 Å². The molecule has 0 saturated heterocycles. The molecule has 2 heterocycles. The first-order valence-corrected chi connectivity index (χ1v) is 3.95. The predicted octanol–water partition coefficient (Wildman–Crippen LogP) is 1.80. The van der Waals surface area contributed by atoms with E-state index >= 15 is 0 Å². The van der Waals surface area contributed by atoms with Gasteiger partial charge in [-0.25, -0.2) is 0 Å². The van der Waals surface area contributed by atoms with Crippen LogP contribution in [0.4, 0.5) is 0 Å². The molecule has 0 aliphatic carbocycles. The number of hydrogen-bond acceptors (Lipinski definition) is 2. The Kier molecular flexibility index (Phi) is 1.40. The monoisotopic (exact) mass is 161 g/mol. The standard InChI is InChI=1S/C9H11N3/c1-9(2)4-3-8-11-10-7-12(8)6-5-9/h3-7H,1-2H3. The molecule has 2 rings (SSSR count). The van der Waals surface area contributed by atoms with Crippen LogP contribution in [0.3, 0.4) is 0 Å². The average molecular weight is 161 g/mol. The van der Waals surface area contributed by atoms with Gasteiger partial charge in [-0.3, -0.25) is 4.57 Å². The average Bonchev–Trinajstić information content (AvgIpc) is 2.40. The molecule has 0 aromatic carbocycles. The Balaban J connectivity index is 2.49. The lowest BCUT2D eigenvalue weighted by molar-refractivity contribution is 0.632. The van der Waals surface area contributed by atoms with E-state index in [4.69, 9.17) is 0 Å². The van der Waals surface area contributed by atoms with Crippen LogP contribution in [0.25, 0.3) is 12.3 Å². The molecule has 0 spiro atoms. The molecule has 62 valence electrons. The summed E-state index contributed by atoms with van der Waals surface area (Å²) >= 11 is 0.